The molecule has 2 aromatic rings. The zero-order chi connectivity index (χ0) is 13.9. The average molecular weight is 291 g/mol. The lowest BCUT2D eigenvalue weighted by molar-refractivity contribution is 0.415. The molecule has 1 aromatic carbocycles. The summed E-state index contributed by atoms with van der Waals surface area (Å²) in [4.78, 5) is 7.95. The molecule has 3 rings (SSSR count). The van der Waals surface area contributed by atoms with E-state index in [4.69, 9.17) is 4.74 Å². The Morgan fingerprint density at radius 1 is 1.50 bits per heavy atom. The Hall–Kier alpha value is -1.20. The second-order valence-electron chi connectivity index (χ2n) is 5.52. The van der Waals surface area contributed by atoms with Gasteiger partial charge in [0.05, 0.1) is 18.1 Å². The Balaban J connectivity index is 1.56. The van der Waals surface area contributed by atoms with Crippen molar-refractivity contribution in [3.63, 3.8) is 0 Å². The number of nitrogens with zero attached hydrogens (tertiary/aromatic N) is 1. The largest absolute Gasteiger partial charge is 0.497 e. The van der Waals surface area contributed by atoms with Gasteiger partial charge in [-0.15, -0.1) is 0 Å². The van der Waals surface area contributed by atoms with Crippen LogP contribution in [0.3, 0.4) is 0 Å². The molecule has 0 aliphatic heterocycles. The third kappa shape index (κ3) is 3.46. The van der Waals surface area contributed by atoms with Crippen molar-refractivity contribution >= 4 is 22.8 Å². The maximum Gasteiger partial charge on any atom is 0.166 e. The van der Waals surface area contributed by atoms with E-state index in [1.807, 2.05) is 18.2 Å². The summed E-state index contributed by atoms with van der Waals surface area (Å²) in [5, 5.41) is 4.57. The minimum atomic E-state index is 0.656. The fraction of sp³-hybridized carbons (Fsp3) is 0.533. The fourth-order valence-corrected chi connectivity index (χ4v) is 3.00. The number of thioether (sulfide) groups is 1. The monoisotopic (exact) mass is 291 g/mol. The Kier molecular flexibility index (Phi) is 4.17. The van der Waals surface area contributed by atoms with Gasteiger partial charge in [0.1, 0.15) is 5.75 Å². The molecule has 0 spiro atoms. The van der Waals surface area contributed by atoms with Crippen molar-refractivity contribution in [2.45, 2.75) is 31.0 Å². The van der Waals surface area contributed by atoms with E-state index in [9.17, 15) is 0 Å². The number of hydrogen-bond acceptors (Lipinski definition) is 4. The number of aromatic nitrogens is 2. The molecule has 0 amide bonds. The molecule has 1 fully saturated rings. The van der Waals surface area contributed by atoms with Gasteiger partial charge >= 0.3 is 0 Å². The quantitative estimate of drug-likeness (QED) is 0.770. The van der Waals surface area contributed by atoms with Gasteiger partial charge in [-0.3, -0.25) is 0 Å². The molecular formula is C15H21N3OS. The van der Waals surface area contributed by atoms with E-state index >= 15 is 0 Å². The van der Waals surface area contributed by atoms with E-state index in [1.165, 1.54) is 12.8 Å². The number of ether oxygens (including phenoxy) is 1. The zero-order valence-corrected chi connectivity index (χ0v) is 12.8. The minimum absolute atomic E-state index is 0.656. The van der Waals surface area contributed by atoms with E-state index in [0.717, 1.165) is 40.3 Å². The number of hydrogen-bond donors (Lipinski definition) is 2. The van der Waals surface area contributed by atoms with Gasteiger partial charge in [0.15, 0.2) is 5.16 Å². The highest BCUT2D eigenvalue weighted by Gasteiger charge is 2.20. The molecule has 1 unspecified atom stereocenters. The maximum atomic E-state index is 5.23. The Morgan fingerprint density at radius 2 is 2.35 bits per heavy atom. The van der Waals surface area contributed by atoms with Crippen LogP contribution >= 0.6 is 11.8 Å². The number of aromatic amines is 1. The molecule has 4 nitrogen and oxygen atoms in total. The Labute approximate surface area is 123 Å². The molecule has 0 radical (unpaired) electrons. The van der Waals surface area contributed by atoms with Crippen molar-refractivity contribution in [2.24, 2.45) is 5.92 Å². The summed E-state index contributed by atoms with van der Waals surface area (Å²) in [6.45, 7) is 3.39. The molecular weight excluding hydrogens is 270 g/mol. The lowest BCUT2D eigenvalue weighted by atomic mass is 10.2. The fourth-order valence-electron chi connectivity index (χ4n) is 2.10. The number of rotatable bonds is 7. The summed E-state index contributed by atoms with van der Waals surface area (Å²) in [7, 11) is 1.68. The SMILES string of the molecule is COc1ccc2nc(SCC(C)CNC3CC3)[nH]c2c1. The van der Waals surface area contributed by atoms with Crippen LogP contribution in [0.2, 0.25) is 0 Å². The number of fused-ring (bicyclic) bond motifs is 1. The van der Waals surface area contributed by atoms with Crippen molar-refractivity contribution in [1.29, 1.82) is 0 Å². The first kappa shape index (κ1) is 13.8. The molecule has 1 aromatic heterocycles. The van der Waals surface area contributed by atoms with Crippen LogP contribution in [0, 0.1) is 5.92 Å². The molecule has 108 valence electrons. The second kappa shape index (κ2) is 6.06. The zero-order valence-electron chi connectivity index (χ0n) is 12.0. The van der Waals surface area contributed by atoms with Gasteiger partial charge in [-0.2, -0.15) is 0 Å². The topological polar surface area (TPSA) is 49.9 Å². The second-order valence-corrected chi connectivity index (χ2v) is 6.53. The first-order chi connectivity index (χ1) is 9.74. The highest BCUT2D eigenvalue weighted by Crippen LogP contribution is 2.24. The van der Waals surface area contributed by atoms with Crippen molar-refractivity contribution in [1.82, 2.24) is 15.3 Å². The molecule has 2 N–H and O–H groups in total. The molecule has 1 atom stereocenters. The van der Waals surface area contributed by atoms with E-state index in [-0.39, 0.29) is 0 Å². The Morgan fingerprint density at radius 3 is 3.10 bits per heavy atom. The van der Waals surface area contributed by atoms with Crippen LogP contribution in [-0.4, -0.2) is 35.4 Å². The summed E-state index contributed by atoms with van der Waals surface area (Å²) in [6.07, 6.45) is 2.70. The summed E-state index contributed by atoms with van der Waals surface area (Å²) >= 11 is 1.79. The third-order valence-electron chi connectivity index (χ3n) is 3.50. The lowest BCUT2D eigenvalue weighted by Crippen LogP contribution is -2.24. The van der Waals surface area contributed by atoms with E-state index in [1.54, 1.807) is 18.9 Å². The van der Waals surface area contributed by atoms with E-state index in [2.05, 4.69) is 22.2 Å². The highest BCUT2D eigenvalue weighted by atomic mass is 32.2. The van der Waals surface area contributed by atoms with Crippen LogP contribution in [0.1, 0.15) is 19.8 Å². The number of imidazole rings is 1. The number of H-pyrrole nitrogens is 1. The summed E-state index contributed by atoms with van der Waals surface area (Å²) in [5.74, 6) is 2.60. The number of benzene rings is 1. The number of nitrogens with one attached hydrogen (secondary N) is 2. The predicted octanol–water partition coefficient (Wildman–Crippen LogP) is 3.05. The van der Waals surface area contributed by atoms with Crippen LogP contribution in [0.25, 0.3) is 11.0 Å². The van der Waals surface area contributed by atoms with Gasteiger partial charge in [-0.25, -0.2) is 4.98 Å². The van der Waals surface area contributed by atoms with Gasteiger partial charge in [0.2, 0.25) is 0 Å². The Bertz CT molecular complexity index is 580. The minimum Gasteiger partial charge on any atom is -0.497 e. The standard InChI is InChI=1S/C15H21N3OS/c1-10(8-16-11-3-4-11)9-20-15-17-13-6-5-12(19-2)7-14(13)18-15/h5-7,10-11,16H,3-4,8-9H2,1-2H3,(H,17,18). The molecule has 1 aliphatic carbocycles. The molecule has 1 saturated carbocycles. The van der Waals surface area contributed by atoms with Gasteiger partial charge in [-0.05, 0) is 37.4 Å². The van der Waals surface area contributed by atoms with Crippen molar-refractivity contribution in [3.8, 4) is 5.75 Å². The van der Waals surface area contributed by atoms with Gasteiger partial charge in [0, 0.05) is 17.9 Å². The van der Waals surface area contributed by atoms with E-state index in [0.29, 0.717) is 5.92 Å². The van der Waals surface area contributed by atoms with Crippen LogP contribution in [0.15, 0.2) is 23.4 Å². The van der Waals surface area contributed by atoms with Crippen LogP contribution < -0.4 is 10.1 Å². The normalized spacial score (nSPS) is 16.5. The highest BCUT2D eigenvalue weighted by molar-refractivity contribution is 7.99. The van der Waals surface area contributed by atoms with Gasteiger partial charge in [0.25, 0.3) is 0 Å². The molecule has 0 bridgehead atoms. The molecule has 0 saturated heterocycles. The summed E-state index contributed by atoms with van der Waals surface area (Å²) in [6, 6.07) is 6.72. The third-order valence-corrected chi connectivity index (χ3v) is 4.71. The first-order valence-electron chi connectivity index (χ1n) is 7.14. The predicted molar refractivity (Wildman–Crippen MR) is 83.6 cm³/mol. The van der Waals surface area contributed by atoms with Crippen LogP contribution in [0.4, 0.5) is 0 Å². The van der Waals surface area contributed by atoms with Crippen molar-refractivity contribution in [3.05, 3.63) is 18.2 Å². The molecule has 5 heteroatoms. The molecule has 1 aliphatic rings. The average Bonchev–Trinajstić information content (AvgIpc) is 3.20. The molecule has 1 heterocycles. The van der Waals surface area contributed by atoms with Gasteiger partial charge < -0.3 is 15.0 Å². The summed E-state index contributed by atoms with van der Waals surface area (Å²) in [5.41, 5.74) is 2.03. The lowest BCUT2D eigenvalue weighted by Gasteiger charge is -2.10. The van der Waals surface area contributed by atoms with Crippen molar-refractivity contribution in [2.75, 3.05) is 19.4 Å². The first-order valence-corrected chi connectivity index (χ1v) is 8.13. The van der Waals surface area contributed by atoms with Crippen LogP contribution in [0.5, 0.6) is 5.75 Å². The van der Waals surface area contributed by atoms with E-state index < -0.39 is 0 Å². The van der Waals surface area contributed by atoms with Crippen LogP contribution in [-0.2, 0) is 0 Å². The smallest absolute Gasteiger partial charge is 0.166 e. The number of methoxy groups -OCH3 is 1. The summed E-state index contributed by atoms with van der Waals surface area (Å²) < 4.78 is 5.23. The van der Waals surface area contributed by atoms with Crippen molar-refractivity contribution < 1.29 is 4.74 Å². The van der Waals surface area contributed by atoms with Gasteiger partial charge in [-0.1, -0.05) is 18.7 Å². The maximum absolute atomic E-state index is 5.23. The molecule has 20 heavy (non-hydrogen) atoms.